The van der Waals surface area contributed by atoms with E-state index in [4.69, 9.17) is 17.5 Å². The molecule has 146 valence electrons. The Morgan fingerprint density at radius 1 is 0.960 bits per heavy atom. The quantitative estimate of drug-likeness (QED) is 0.117. The summed E-state index contributed by atoms with van der Waals surface area (Å²) in [5, 5.41) is 9.32. The summed E-state index contributed by atoms with van der Waals surface area (Å²) in [5.74, 6) is -0.407. The van der Waals surface area contributed by atoms with Crippen molar-refractivity contribution in [3.8, 4) is 0 Å². The van der Waals surface area contributed by atoms with Gasteiger partial charge >= 0.3 is 35.5 Å². The van der Waals surface area contributed by atoms with Gasteiger partial charge in [-0.15, -0.1) is 0 Å². The molecule has 0 bridgehead atoms. The fourth-order valence-corrected chi connectivity index (χ4v) is 2.23. The van der Waals surface area contributed by atoms with Crippen molar-refractivity contribution in [2.45, 2.75) is 97.2 Å². The zero-order valence-electron chi connectivity index (χ0n) is 15.9. The van der Waals surface area contributed by atoms with Gasteiger partial charge in [-0.25, -0.2) is 8.42 Å². The molecule has 0 aromatic heterocycles. The average molecular weight is 392 g/mol. The predicted molar refractivity (Wildman–Crippen MR) is 91.2 cm³/mol. The number of carbonyl (C=O) groups excluding carboxylic acids is 1. The van der Waals surface area contributed by atoms with Gasteiger partial charge in [-0.2, -0.15) is 0 Å². The largest absolute Gasteiger partial charge is 1.00 e. The van der Waals surface area contributed by atoms with Gasteiger partial charge in [0.1, 0.15) is 0 Å². The Hall–Kier alpha value is 0.300. The van der Waals surface area contributed by atoms with Crippen LogP contribution in [0.1, 0.15) is 90.9 Å². The van der Waals surface area contributed by atoms with Crippen molar-refractivity contribution >= 4 is 16.4 Å². The number of rotatable bonds is 13. The molecule has 7 nitrogen and oxygen atoms in total. The van der Waals surface area contributed by atoms with E-state index in [2.05, 4.69) is 11.7 Å². The molecule has 0 aliphatic rings. The topological polar surface area (TPSA) is 124 Å². The van der Waals surface area contributed by atoms with E-state index in [9.17, 15) is 9.90 Å². The smallest absolute Gasteiger partial charge is 0.726 e. The van der Waals surface area contributed by atoms with E-state index in [0.29, 0.717) is 6.42 Å². The summed E-state index contributed by atoms with van der Waals surface area (Å²) in [5.41, 5.74) is 0. The maximum Gasteiger partial charge on any atom is 1.00 e. The number of aliphatic hydroxyl groups excluding tert-OH is 1. The molecule has 25 heavy (non-hydrogen) atoms. The van der Waals surface area contributed by atoms with Crippen molar-refractivity contribution in [2.24, 2.45) is 0 Å². The molecule has 2 N–H and O–H groups in total. The van der Waals surface area contributed by atoms with Crippen LogP contribution in [0.3, 0.4) is 0 Å². The van der Waals surface area contributed by atoms with Gasteiger partial charge in [-0.3, -0.25) is 9.35 Å². The molecule has 0 spiro atoms. The van der Waals surface area contributed by atoms with Gasteiger partial charge in [0.15, 0.2) is 0 Å². The van der Waals surface area contributed by atoms with Gasteiger partial charge in [-0.05, 0) is 6.42 Å². The first kappa shape index (κ1) is 30.0. The van der Waals surface area contributed by atoms with E-state index in [0.717, 1.165) is 12.8 Å². The minimum Gasteiger partial charge on any atom is -0.726 e. The standard InChI is InChI=1S/C16H32O3.Na.H2O4S/c1-3-4-5-6-7-8-9-10-11-12-13-14-16(18)19-15(2)17;;1-5(2,3)4/h16,18H,3-14H2,1-2H3;;(H2,1,2,3,4)/q;+1;/p-1. The normalized spacial score (nSPS) is 11.7. The maximum atomic E-state index is 10.6. The molecular weight excluding hydrogens is 359 g/mol. The third-order valence-corrected chi connectivity index (χ3v) is 3.36. The van der Waals surface area contributed by atoms with Gasteiger partial charge in [0.05, 0.1) is 0 Å². The molecule has 0 fully saturated rings. The first-order chi connectivity index (χ1) is 11.2. The zero-order valence-corrected chi connectivity index (χ0v) is 18.7. The molecule has 0 saturated carbocycles. The molecule has 0 aromatic carbocycles. The summed E-state index contributed by atoms with van der Waals surface area (Å²) in [6.07, 6.45) is 13.8. The van der Waals surface area contributed by atoms with E-state index in [1.165, 1.54) is 64.7 Å². The predicted octanol–water partition coefficient (Wildman–Crippen LogP) is 0.578. The third-order valence-electron chi connectivity index (χ3n) is 3.36. The van der Waals surface area contributed by atoms with Crippen LogP contribution in [0, 0.1) is 0 Å². The fourth-order valence-electron chi connectivity index (χ4n) is 2.23. The molecule has 0 aliphatic carbocycles. The first-order valence-corrected chi connectivity index (χ1v) is 10.1. The van der Waals surface area contributed by atoms with E-state index >= 15 is 0 Å². The van der Waals surface area contributed by atoms with E-state index < -0.39 is 22.7 Å². The average Bonchev–Trinajstić information content (AvgIpc) is 2.42. The van der Waals surface area contributed by atoms with Gasteiger partial charge in [0.2, 0.25) is 16.7 Å². The number of esters is 1. The van der Waals surface area contributed by atoms with Crippen molar-refractivity contribution in [3.05, 3.63) is 0 Å². The summed E-state index contributed by atoms with van der Waals surface area (Å²) in [6.45, 7) is 3.57. The Labute approximate surface area is 174 Å². The number of carbonyl (C=O) groups is 1. The van der Waals surface area contributed by atoms with Gasteiger partial charge < -0.3 is 14.4 Å². The molecule has 0 aliphatic heterocycles. The van der Waals surface area contributed by atoms with Crippen LogP contribution in [-0.2, 0) is 19.9 Å². The number of unbranched alkanes of at least 4 members (excludes halogenated alkanes) is 10. The second-order valence-corrected chi connectivity index (χ2v) is 6.67. The van der Waals surface area contributed by atoms with Crippen molar-refractivity contribution < 1.29 is 61.7 Å². The molecular formula is C16H33NaO7S. The Bertz CT molecular complexity index is 380. The van der Waals surface area contributed by atoms with Crippen LogP contribution in [0.25, 0.3) is 0 Å². The Kier molecular flexibility index (Phi) is 24.8. The fraction of sp³-hybridized carbons (Fsp3) is 0.938. The van der Waals surface area contributed by atoms with Gasteiger partial charge in [-0.1, -0.05) is 71.1 Å². The third kappa shape index (κ3) is 40.4. The number of hydrogen-bond donors (Lipinski definition) is 2. The summed E-state index contributed by atoms with van der Waals surface area (Å²) in [7, 11) is -4.92. The molecule has 0 heterocycles. The van der Waals surface area contributed by atoms with Crippen LogP contribution in [0.4, 0.5) is 0 Å². The Balaban J connectivity index is -0.000000704. The van der Waals surface area contributed by atoms with E-state index in [-0.39, 0.29) is 29.6 Å². The van der Waals surface area contributed by atoms with Crippen LogP contribution in [0.2, 0.25) is 0 Å². The summed E-state index contributed by atoms with van der Waals surface area (Å²) in [6, 6.07) is 0. The van der Waals surface area contributed by atoms with Crippen LogP contribution in [-0.4, -0.2) is 34.9 Å². The second-order valence-electron chi connectivity index (χ2n) is 5.82. The van der Waals surface area contributed by atoms with Crippen molar-refractivity contribution in [1.82, 2.24) is 0 Å². The Morgan fingerprint density at radius 3 is 1.60 bits per heavy atom. The maximum absolute atomic E-state index is 10.6. The summed E-state index contributed by atoms with van der Waals surface area (Å²) >= 11 is 0. The molecule has 0 rings (SSSR count). The minimum atomic E-state index is -4.92. The SMILES string of the molecule is CCCCCCCCCCCCCC(O)OC(C)=O.O=S(=O)([O-])O.[Na+]. The molecule has 1 unspecified atom stereocenters. The molecule has 0 aromatic rings. The zero-order chi connectivity index (χ0) is 18.8. The van der Waals surface area contributed by atoms with Gasteiger partial charge in [0, 0.05) is 13.3 Å². The van der Waals surface area contributed by atoms with E-state index in [1.807, 2.05) is 0 Å². The van der Waals surface area contributed by atoms with Crippen molar-refractivity contribution in [2.75, 3.05) is 0 Å². The van der Waals surface area contributed by atoms with Crippen LogP contribution in [0.5, 0.6) is 0 Å². The van der Waals surface area contributed by atoms with Crippen LogP contribution >= 0.6 is 0 Å². The molecule has 9 heteroatoms. The van der Waals surface area contributed by atoms with Crippen LogP contribution < -0.4 is 29.6 Å². The molecule has 1 atom stereocenters. The molecule has 0 saturated heterocycles. The number of aliphatic hydroxyl groups is 1. The first-order valence-electron chi connectivity index (χ1n) is 8.70. The van der Waals surface area contributed by atoms with Crippen molar-refractivity contribution in [3.63, 3.8) is 0 Å². The summed E-state index contributed by atoms with van der Waals surface area (Å²) in [4.78, 5) is 10.6. The van der Waals surface area contributed by atoms with E-state index in [1.54, 1.807) is 0 Å². The van der Waals surface area contributed by atoms with Crippen molar-refractivity contribution in [1.29, 1.82) is 0 Å². The number of hydrogen-bond acceptors (Lipinski definition) is 6. The molecule has 0 radical (unpaired) electrons. The Morgan fingerprint density at radius 2 is 1.28 bits per heavy atom. The second kappa shape index (κ2) is 20.6. The monoisotopic (exact) mass is 392 g/mol. The van der Waals surface area contributed by atoms with Gasteiger partial charge in [0.25, 0.3) is 0 Å². The number of ether oxygens (including phenoxy) is 1. The minimum absolute atomic E-state index is 0. The molecule has 0 amide bonds. The van der Waals surface area contributed by atoms with Crippen LogP contribution in [0.15, 0.2) is 0 Å². The summed E-state index contributed by atoms with van der Waals surface area (Å²) < 4.78 is 37.5.